The summed E-state index contributed by atoms with van der Waals surface area (Å²) in [6, 6.07) is 7.03. The molecule has 0 saturated heterocycles. The van der Waals surface area contributed by atoms with Gasteiger partial charge in [-0.3, -0.25) is 0 Å². The van der Waals surface area contributed by atoms with Crippen molar-refractivity contribution in [1.29, 1.82) is 0 Å². The molecule has 0 spiro atoms. The minimum Gasteiger partial charge on any atom is -0.488 e. The highest BCUT2D eigenvalue weighted by molar-refractivity contribution is 6.30. The standard InChI is InChI=1S/C11H15ClO3/c12-9-3-1-4-10(7-9)15-11(8-14)5-2-6-13/h1,3-4,7,11,13-14H,2,5-6,8H2/t11-/m0/s1. The number of aliphatic hydroxyl groups excluding tert-OH is 2. The maximum absolute atomic E-state index is 9.04. The van der Waals surface area contributed by atoms with Crippen LogP contribution >= 0.6 is 11.6 Å². The average Bonchev–Trinajstić information content (AvgIpc) is 2.24. The van der Waals surface area contributed by atoms with Gasteiger partial charge >= 0.3 is 0 Å². The molecule has 0 aliphatic heterocycles. The summed E-state index contributed by atoms with van der Waals surface area (Å²) in [4.78, 5) is 0. The molecule has 0 aliphatic rings. The predicted octanol–water partition coefficient (Wildman–Crippen LogP) is 1.85. The number of rotatable bonds is 6. The third-order valence-electron chi connectivity index (χ3n) is 1.99. The van der Waals surface area contributed by atoms with Crippen molar-refractivity contribution in [2.75, 3.05) is 13.2 Å². The van der Waals surface area contributed by atoms with Crippen molar-refractivity contribution in [3.8, 4) is 5.75 Å². The first kappa shape index (κ1) is 12.3. The summed E-state index contributed by atoms with van der Waals surface area (Å²) < 4.78 is 5.50. The smallest absolute Gasteiger partial charge is 0.122 e. The monoisotopic (exact) mass is 230 g/mol. The molecule has 1 aromatic rings. The number of benzene rings is 1. The fourth-order valence-corrected chi connectivity index (χ4v) is 1.42. The summed E-state index contributed by atoms with van der Waals surface area (Å²) in [5.41, 5.74) is 0. The second-order valence-corrected chi connectivity index (χ2v) is 3.68. The van der Waals surface area contributed by atoms with E-state index in [4.69, 9.17) is 26.6 Å². The zero-order valence-corrected chi connectivity index (χ0v) is 9.15. The van der Waals surface area contributed by atoms with Gasteiger partial charge in [0.05, 0.1) is 6.61 Å². The number of ether oxygens (including phenoxy) is 1. The van der Waals surface area contributed by atoms with E-state index in [2.05, 4.69) is 0 Å². The van der Waals surface area contributed by atoms with Crippen molar-refractivity contribution in [2.24, 2.45) is 0 Å². The van der Waals surface area contributed by atoms with Gasteiger partial charge in [-0.15, -0.1) is 0 Å². The van der Waals surface area contributed by atoms with Gasteiger partial charge in [0.15, 0.2) is 0 Å². The Bertz CT molecular complexity index is 291. The molecule has 0 unspecified atom stereocenters. The average molecular weight is 231 g/mol. The Kier molecular flexibility index (Phi) is 5.47. The van der Waals surface area contributed by atoms with Crippen LogP contribution in [-0.4, -0.2) is 29.5 Å². The lowest BCUT2D eigenvalue weighted by Gasteiger charge is -2.16. The van der Waals surface area contributed by atoms with Crippen LogP contribution < -0.4 is 4.74 Å². The van der Waals surface area contributed by atoms with Crippen molar-refractivity contribution in [3.05, 3.63) is 29.3 Å². The lowest BCUT2D eigenvalue weighted by atomic mass is 10.2. The molecule has 0 bridgehead atoms. The Hall–Kier alpha value is -0.770. The molecular weight excluding hydrogens is 216 g/mol. The lowest BCUT2D eigenvalue weighted by molar-refractivity contribution is 0.101. The van der Waals surface area contributed by atoms with Crippen molar-refractivity contribution >= 4 is 11.6 Å². The molecule has 2 N–H and O–H groups in total. The van der Waals surface area contributed by atoms with E-state index in [-0.39, 0.29) is 19.3 Å². The summed E-state index contributed by atoms with van der Waals surface area (Å²) in [5, 5.41) is 18.3. The van der Waals surface area contributed by atoms with Crippen LogP contribution in [0.1, 0.15) is 12.8 Å². The summed E-state index contributed by atoms with van der Waals surface area (Å²) in [5.74, 6) is 0.638. The molecule has 3 nitrogen and oxygen atoms in total. The second-order valence-electron chi connectivity index (χ2n) is 3.25. The summed E-state index contributed by atoms with van der Waals surface area (Å²) in [6.07, 6.45) is 0.960. The Morgan fingerprint density at radius 2 is 2.13 bits per heavy atom. The Morgan fingerprint density at radius 3 is 2.73 bits per heavy atom. The van der Waals surface area contributed by atoms with Gasteiger partial charge in [0.25, 0.3) is 0 Å². The minimum atomic E-state index is -0.282. The van der Waals surface area contributed by atoms with Gasteiger partial charge < -0.3 is 14.9 Å². The molecule has 0 radical (unpaired) electrons. The summed E-state index contributed by atoms with van der Waals surface area (Å²) >= 11 is 5.79. The molecule has 0 heterocycles. The minimum absolute atomic E-state index is 0.0630. The molecule has 84 valence electrons. The number of halogens is 1. The van der Waals surface area contributed by atoms with Gasteiger partial charge in [0.1, 0.15) is 11.9 Å². The molecule has 1 atom stereocenters. The number of aliphatic hydroxyl groups is 2. The molecule has 15 heavy (non-hydrogen) atoms. The van der Waals surface area contributed by atoms with Gasteiger partial charge in [-0.05, 0) is 31.0 Å². The highest BCUT2D eigenvalue weighted by Crippen LogP contribution is 2.19. The first-order chi connectivity index (χ1) is 7.26. The molecular formula is C11H15ClO3. The fraction of sp³-hybridized carbons (Fsp3) is 0.455. The molecule has 0 aromatic heterocycles. The maximum Gasteiger partial charge on any atom is 0.122 e. The van der Waals surface area contributed by atoms with Gasteiger partial charge in [-0.1, -0.05) is 17.7 Å². The number of hydrogen-bond donors (Lipinski definition) is 2. The first-order valence-corrected chi connectivity index (χ1v) is 5.28. The van der Waals surface area contributed by atoms with Gasteiger partial charge in [0, 0.05) is 11.6 Å². The van der Waals surface area contributed by atoms with E-state index < -0.39 is 0 Å². The van der Waals surface area contributed by atoms with Crippen LogP contribution in [0.15, 0.2) is 24.3 Å². The zero-order chi connectivity index (χ0) is 11.1. The Labute approximate surface area is 94.3 Å². The molecule has 0 saturated carbocycles. The Balaban J connectivity index is 2.50. The molecule has 1 rings (SSSR count). The lowest BCUT2D eigenvalue weighted by Crippen LogP contribution is -2.21. The van der Waals surface area contributed by atoms with E-state index in [1.807, 2.05) is 0 Å². The van der Waals surface area contributed by atoms with E-state index in [0.717, 1.165) is 0 Å². The molecule has 0 fully saturated rings. The summed E-state index contributed by atoms with van der Waals surface area (Å²) in [6.45, 7) is 0.0436. The quantitative estimate of drug-likeness (QED) is 0.784. The molecule has 4 heteroatoms. The molecule has 1 aromatic carbocycles. The van der Waals surface area contributed by atoms with E-state index in [9.17, 15) is 0 Å². The van der Waals surface area contributed by atoms with E-state index >= 15 is 0 Å². The van der Waals surface area contributed by atoms with Crippen molar-refractivity contribution in [3.63, 3.8) is 0 Å². The highest BCUT2D eigenvalue weighted by atomic mass is 35.5. The maximum atomic E-state index is 9.04. The van der Waals surface area contributed by atoms with Crippen molar-refractivity contribution < 1.29 is 14.9 Å². The highest BCUT2D eigenvalue weighted by Gasteiger charge is 2.08. The van der Waals surface area contributed by atoms with Crippen LogP contribution in [0.4, 0.5) is 0 Å². The topological polar surface area (TPSA) is 49.7 Å². The van der Waals surface area contributed by atoms with Crippen molar-refractivity contribution in [1.82, 2.24) is 0 Å². The van der Waals surface area contributed by atoms with Crippen LogP contribution in [0.2, 0.25) is 5.02 Å². The van der Waals surface area contributed by atoms with Crippen LogP contribution in [0.3, 0.4) is 0 Å². The third kappa shape index (κ3) is 4.51. The summed E-state index contributed by atoms with van der Waals surface area (Å²) in [7, 11) is 0. The molecule has 0 amide bonds. The van der Waals surface area contributed by atoms with Crippen LogP contribution in [-0.2, 0) is 0 Å². The fourth-order valence-electron chi connectivity index (χ4n) is 1.24. The van der Waals surface area contributed by atoms with Crippen LogP contribution in [0, 0.1) is 0 Å². The van der Waals surface area contributed by atoms with Crippen molar-refractivity contribution in [2.45, 2.75) is 18.9 Å². The zero-order valence-electron chi connectivity index (χ0n) is 8.40. The van der Waals surface area contributed by atoms with Crippen LogP contribution in [0.5, 0.6) is 5.75 Å². The SMILES string of the molecule is OCCC[C@@H](CO)Oc1cccc(Cl)c1. The van der Waals surface area contributed by atoms with Gasteiger partial charge in [-0.2, -0.15) is 0 Å². The van der Waals surface area contributed by atoms with E-state index in [1.54, 1.807) is 24.3 Å². The van der Waals surface area contributed by atoms with E-state index in [1.165, 1.54) is 0 Å². The number of hydrogen-bond acceptors (Lipinski definition) is 3. The van der Waals surface area contributed by atoms with E-state index in [0.29, 0.717) is 23.6 Å². The van der Waals surface area contributed by atoms with Gasteiger partial charge in [0.2, 0.25) is 0 Å². The normalized spacial score (nSPS) is 12.5. The predicted molar refractivity (Wildman–Crippen MR) is 59.3 cm³/mol. The third-order valence-corrected chi connectivity index (χ3v) is 2.22. The second kappa shape index (κ2) is 6.67. The largest absolute Gasteiger partial charge is 0.488 e. The Morgan fingerprint density at radius 1 is 1.33 bits per heavy atom. The van der Waals surface area contributed by atoms with Crippen LogP contribution in [0.25, 0.3) is 0 Å². The first-order valence-electron chi connectivity index (χ1n) is 4.90. The van der Waals surface area contributed by atoms with Gasteiger partial charge in [-0.25, -0.2) is 0 Å². The molecule has 0 aliphatic carbocycles.